The maximum Gasteiger partial charge on any atom is 0.237 e. The molecule has 2 aliphatic rings. The van der Waals surface area contributed by atoms with Crippen molar-refractivity contribution in [3.63, 3.8) is 0 Å². The van der Waals surface area contributed by atoms with Crippen LogP contribution in [0.1, 0.15) is 32.1 Å². The van der Waals surface area contributed by atoms with Gasteiger partial charge in [-0.3, -0.25) is 9.59 Å². The largest absolute Gasteiger partial charge is 0.353 e. The van der Waals surface area contributed by atoms with Gasteiger partial charge in [0.15, 0.2) is 0 Å². The summed E-state index contributed by atoms with van der Waals surface area (Å²) >= 11 is 1.57. The van der Waals surface area contributed by atoms with Crippen molar-refractivity contribution in [1.29, 1.82) is 0 Å². The smallest absolute Gasteiger partial charge is 0.237 e. The molecule has 0 unspecified atom stereocenters. The first-order valence-corrected chi connectivity index (χ1v) is 8.54. The fourth-order valence-corrected chi connectivity index (χ4v) is 3.92. The first-order chi connectivity index (χ1) is 10.2. The van der Waals surface area contributed by atoms with Crippen molar-refractivity contribution in [2.45, 2.75) is 43.0 Å². The minimum absolute atomic E-state index is 0.0606. The number of benzene rings is 1. The molecule has 1 aliphatic carbocycles. The summed E-state index contributed by atoms with van der Waals surface area (Å²) in [4.78, 5) is 27.0. The Morgan fingerprint density at radius 2 is 2.05 bits per heavy atom. The summed E-state index contributed by atoms with van der Waals surface area (Å²) in [5, 5.41) is 3.08. The molecule has 112 valence electrons. The van der Waals surface area contributed by atoms with E-state index >= 15 is 0 Å². The Bertz CT molecular complexity index is 541. The van der Waals surface area contributed by atoms with Crippen molar-refractivity contribution < 1.29 is 9.59 Å². The van der Waals surface area contributed by atoms with Crippen LogP contribution < -0.4 is 10.2 Å². The average Bonchev–Trinajstić information content (AvgIpc) is 2.99. The Balaban J connectivity index is 1.59. The van der Waals surface area contributed by atoms with Gasteiger partial charge in [0.2, 0.25) is 11.8 Å². The zero-order valence-corrected chi connectivity index (χ0v) is 12.8. The molecule has 0 bridgehead atoms. The van der Waals surface area contributed by atoms with Gasteiger partial charge in [-0.25, -0.2) is 0 Å². The molecule has 1 N–H and O–H groups in total. The van der Waals surface area contributed by atoms with Crippen LogP contribution in [-0.4, -0.2) is 30.2 Å². The van der Waals surface area contributed by atoms with Crippen molar-refractivity contribution in [3.8, 4) is 0 Å². The number of hydrogen-bond donors (Lipinski definition) is 1. The van der Waals surface area contributed by atoms with Crippen molar-refractivity contribution in [1.82, 2.24) is 5.32 Å². The highest BCUT2D eigenvalue weighted by Crippen LogP contribution is 2.34. The number of nitrogens with one attached hydrogen (secondary N) is 1. The van der Waals surface area contributed by atoms with Gasteiger partial charge in [0, 0.05) is 23.9 Å². The molecule has 1 fully saturated rings. The monoisotopic (exact) mass is 304 g/mol. The van der Waals surface area contributed by atoms with E-state index < -0.39 is 0 Å². The molecule has 1 aliphatic heterocycles. The molecular formula is C16H20N2O2S. The lowest BCUT2D eigenvalue weighted by atomic mass is 10.2. The van der Waals surface area contributed by atoms with Gasteiger partial charge in [-0.15, -0.1) is 11.8 Å². The lowest BCUT2D eigenvalue weighted by Gasteiger charge is -2.28. The van der Waals surface area contributed by atoms with Gasteiger partial charge in [-0.2, -0.15) is 0 Å². The topological polar surface area (TPSA) is 49.4 Å². The molecular weight excluding hydrogens is 284 g/mol. The highest BCUT2D eigenvalue weighted by atomic mass is 32.2. The second kappa shape index (κ2) is 6.52. The van der Waals surface area contributed by atoms with E-state index in [0.717, 1.165) is 23.4 Å². The zero-order chi connectivity index (χ0) is 14.7. The minimum Gasteiger partial charge on any atom is -0.353 e. The number of hydrogen-bond acceptors (Lipinski definition) is 3. The fourth-order valence-electron chi connectivity index (χ4n) is 2.98. The average molecular weight is 304 g/mol. The third-order valence-electron chi connectivity index (χ3n) is 4.09. The summed E-state index contributed by atoms with van der Waals surface area (Å²) in [7, 11) is 0. The van der Waals surface area contributed by atoms with Crippen LogP contribution in [0.2, 0.25) is 0 Å². The molecule has 1 aromatic carbocycles. The Morgan fingerprint density at radius 3 is 2.86 bits per heavy atom. The third-order valence-corrected chi connectivity index (χ3v) is 5.14. The van der Waals surface area contributed by atoms with Crippen molar-refractivity contribution in [3.05, 3.63) is 24.3 Å². The Hall–Kier alpha value is -1.49. The summed E-state index contributed by atoms with van der Waals surface area (Å²) in [6.45, 7) is 0.467. The van der Waals surface area contributed by atoms with Gasteiger partial charge in [0.1, 0.15) is 0 Å². The first kappa shape index (κ1) is 14.4. The van der Waals surface area contributed by atoms with Gasteiger partial charge in [-0.1, -0.05) is 25.0 Å². The number of carbonyl (C=O) groups is 2. The zero-order valence-electron chi connectivity index (χ0n) is 12.0. The van der Waals surface area contributed by atoms with Crippen LogP contribution in [0.4, 0.5) is 5.69 Å². The molecule has 0 spiro atoms. The van der Waals surface area contributed by atoms with Crippen LogP contribution in [0.5, 0.6) is 0 Å². The Kier molecular flexibility index (Phi) is 4.48. The van der Waals surface area contributed by atoms with Gasteiger partial charge in [0.25, 0.3) is 0 Å². The number of rotatable bonds is 4. The molecule has 5 heteroatoms. The van der Waals surface area contributed by atoms with E-state index in [1.807, 2.05) is 24.3 Å². The molecule has 2 amide bonds. The maximum absolute atomic E-state index is 12.1. The van der Waals surface area contributed by atoms with Gasteiger partial charge < -0.3 is 10.2 Å². The molecule has 0 aromatic heterocycles. The highest BCUT2D eigenvalue weighted by Gasteiger charge is 2.25. The Labute approximate surface area is 129 Å². The van der Waals surface area contributed by atoms with E-state index in [0.29, 0.717) is 24.8 Å². The number of para-hydroxylation sites is 1. The van der Waals surface area contributed by atoms with Gasteiger partial charge >= 0.3 is 0 Å². The predicted molar refractivity (Wildman–Crippen MR) is 84.5 cm³/mol. The molecule has 0 radical (unpaired) electrons. The summed E-state index contributed by atoms with van der Waals surface area (Å²) in [5.74, 6) is 0.610. The SMILES string of the molecule is O=C(CCN1C(=O)CSc2ccccc21)NC1CCCC1. The predicted octanol–water partition coefficient (Wildman–Crippen LogP) is 2.57. The Morgan fingerprint density at radius 1 is 1.29 bits per heavy atom. The van der Waals surface area contributed by atoms with Crippen molar-refractivity contribution in [2.24, 2.45) is 0 Å². The number of amides is 2. The van der Waals surface area contributed by atoms with E-state index in [2.05, 4.69) is 5.32 Å². The second-order valence-electron chi connectivity index (χ2n) is 5.60. The summed E-state index contributed by atoms with van der Waals surface area (Å²) in [5.41, 5.74) is 0.937. The van der Waals surface area contributed by atoms with Crippen LogP contribution >= 0.6 is 11.8 Å². The molecule has 4 nitrogen and oxygen atoms in total. The number of anilines is 1. The number of thioether (sulfide) groups is 1. The van der Waals surface area contributed by atoms with Crippen molar-refractivity contribution in [2.75, 3.05) is 17.2 Å². The lowest BCUT2D eigenvalue weighted by molar-refractivity contribution is -0.121. The minimum atomic E-state index is 0.0606. The molecule has 1 heterocycles. The standard InChI is InChI=1S/C16H20N2O2S/c19-15(17-12-5-1-2-6-12)9-10-18-13-7-3-4-8-14(13)21-11-16(18)20/h3-4,7-8,12H,1-2,5-6,9-11H2,(H,17,19). The summed E-state index contributed by atoms with van der Waals surface area (Å²) in [6, 6.07) is 8.24. The van der Waals surface area contributed by atoms with Crippen LogP contribution in [-0.2, 0) is 9.59 Å². The first-order valence-electron chi connectivity index (χ1n) is 7.55. The van der Waals surface area contributed by atoms with Crippen LogP contribution in [0, 0.1) is 0 Å². The van der Waals surface area contributed by atoms with Crippen LogP contribution in [0.3, 0.4) is 0 Å². The summed E-state index contributed by atoms with van der Waals surface area (Å²) < 4.78 is 0. The molecule has 1 aromatic rings. The molecule has 0 atom stereocenters. The van der Waals surface area contributed by atoms with Crippen molar-refractivity contribution >= 4 is 29.3 Å². The van der Waals surface area contributed by atoms with Crippen LogP contribution in [0.25, 0.3) is 0 Å². The normalized spacial score (nSPS) is 18.7. The van der Waals surface area contributed by atoms with Gasteiger partial charge in [0.05, 0.1) is 11.4 Å². The highest BCUT2D eigenvalue weighted by molar-refractivity contribution is 8.00. The molecule has 3 rings (SSSR count). The molecule has 0 saturated heterocycles. The molecule has 1 saturated carbocycles. The van der Waals surface area contributed by atoms with E-state index in [1.54, 1.807) is 16.7 Å². The van der Waals surface area contributed by atoms with E-state index in [9.17, 15) is 9.59 Å². The third kappa shape index (κ3) is 3.40. The number of nitrogens with zero attached hydrogens (tertiary/aromatic N) is 1. The molecule has 21 heavy (non-hydrogen) atoms. The fraction of sp³-hybridized carbons (Fsp3) is 0.500. The lowest BCUT2D eigenvalue weighted by Crippen LogP contribution is -2.40. The quantitative estimate of drug-likeness (QED) is 0.930. The number of fused-ring (bicyclic) bond motifs is 1. The van der Waals surface area contributed by atoms with E-state index in [1.165, 1.54) is 12.8 Å². The second-order valence-corrected chi connectivity index (χ2v) is 6.62. The number of carbonyl (C=O) groups excluding carboxylic acids is 2. The van der Waals surface area contributed by atoms with Crippen LogP contribution in [0.15, 0.2) is 29.2 Å². The maximum atomic E-state index is 12.1. The van der Waals surface area contributed by atoms with E-state index in [4.69, 9.17) is 0 Å². The summed E-state index contributed by atoms with van der Waals surface area (Å²) in [6.07, 6.45) is 4.98. The van der Waals surface area contributed by atoms with E-state index in [-0.39, 0.29) is 11.8 Å². The van der Waals surface area contributed by atoms with Gasteiger partial charge in [-0.05, 0) is 25.0 Å².